The average Bonchev–Trinajstić information content (AvgIpc) is 2.89. The van der Waals surface area contributed by atoms with Gasteiger partial charge in [0.25, 0.3) is 0 Å². The van der Waals surface area contributed by atoms with Crippen LogP contribution in [0.4, 0.5) is 0 Å². The lowest BCUT2D eigenvalue weighted by atomic mass is 9.97. The van der Waals surface area contributed by atoms with Crippen molar-refractivity contribution < 1.29 is 9.53 Å². The van der Waals surface area contributed by atoms with Crippen LogP contribution in [0, 0.1) is 0 Å². The van der Waals surface area contributed by atoms with E-state index in [2.05, 4.69) is 115 Å². The second-order valence-corrected chi connectivity index (χ2v) is 9.93. The summed E-state index contributed by atoms with van der Waals surface area (Å²) in [6.45, 7) is 2.32. The number of alkyl halides is 2. The Morgan fingerprint density at radius 1 is 0.743 bits per heavy atom. The Balaban J connectivity index is 0.000000302. The summed E-state index contributed by atoms with van der Waals surface area (Å²) in [4.78, 5) is 10.7. The highest BCUT2D eigenvalue weighted by Gasteiger charge is 2.03. The highest BCUT2D eigenvalue weighted by Crippen LogP contribution is 2.24. The average molecular weight is 667 g/mol. The number of unbranched alkanes of at least 4 members (excludes halogenated alkanes) is 2. The molecule has 0 saturated heterocycles. The summed E-state index contributed by atoms with van der Waals surface area (Å²) in [6, 6.07) is 31.2. The van der Waals surface area contributed by atoms with Crippen LogP contribution in [-0.4, -0.2) is 23.2 Å². The van der Waals surface area contributed by atoms with Crippen molar-refractivity contribution in [3.05, 3.63) is 113 Å². The maximum atomic E-state index is 10.7. The zero-order chi connectivity index (χ0) is 25.6. The first kappa shape index (κ1) is 31.3. The molecule has 3 aromatic carbocycles. The van der Waals surface area contributed by atoms with E-state index in [1.807, 2.05) is 37.3 Å². The van der Waals surface area contributed by atoms with Gasteiger partial charge in [0, 0.05) is 21.6 Å². The molecule has 0 saturated carbocycles. The predicted molar refractivity (Wildman–Crippen MR) is 161 cm³/mol. The molecular formula is C30H35Br3O2. The third-order valence-corrected chi connectivity index (χ3v) is 6.31. The van der Waals surface area contributed by atoms with E-state index in [4.69, 9.17) is 4.74 Å². The first-order valence-electron chi connectivity index (χ1n) is 11.9. The van der Waals surface area contributed by atoms with Crippen molar-refractivity contribution in [2.24, 2.45) is 0 Å². The number of hydrogen-bond acceptors (Lipinski definition) is 2. The summed E-state index contributed by atoms with van der Waals surface area (Å²) in [5, 5.41) is 2.02. The maximum absolute atomic E-state index is 10.7. The van der Waals surface area contributed by atoms with E-state index < -0.39 is 0 Å². The second kappa shape index (κ2) is 21.6. The minimum atomic E-state index is -0.0801. The van der Waals surface area contributed by atoms with Gasteiger partial charge in [0.1, 0.15) is 0 Å². The lowest BCUT2D eigenvalue weighted by molar-refractivity contribution is -0.143. The molecule has 0 spiro atoms. The van der Waals surface area contributed by atoms with Crippen LogP contribution in [0.2, 0.25) is 0 Å². The molecule has 35 heavy (non-hydrogen) atoms. The van der Waals surface area contributed by atoms with Crippen molar-refractivity contribution in [2.75, 3.05) is 17.3 Å². The molecule has 0 unspecified atom stereocenters. The Labute approximate surface area is 236 Å². The summed E-state index contributed by atoms with van der Waals surface area (Å²) >= 11 is 10.1. The van der Waals surface area contributed by atoms with Crippen LogP contribution in [-0.2, 0) is 9.53 Å². The van der Waals surface area contributed by atoms with Crippen LogP contribution >= 0.6 is 47.8 Å². The van der Waals surface area contributed by atoms with E-state index in [0.717, 1.165) is 34.4 Å². The molecule has 0 amide bonds. The summed E-state index contributed by atoms with van der Waals surface area (Å²) in [7, 11) is 0. The summed E-state index contributed by atoms with van der Waals surface area (Å²) in [5.74, 6) is -0.0801. The fourth-order valence-electron chi connectivity index (χ4n) is 2.97. The van der Waals surface area contributed by atoms with E-state index in [1.54, 1.807) is 0 Å². The smallest absolute Gasteiger partial charge is 0.305 e. The Kier molecular flexibility index (Phi) is 19.3. The molecule has 5 heteroatoms. The minimum absolute atomic E-state index is 0.0801. The number of rotatable bonds is 10. The van der Waals surface area contributed by atoms with E-state index in [0.29, 0.717) is 13.0 Å². The quantitative estimate of drug-likeness (QED) is 0.122. The molecule has 2 nitrogen and oxygen atoms in total. The van der Waals surface area contributed by atoms with Crippen LogP contribution < -0.4 is 0 Å². The van der Waals surface area contributed by atoms with Gasteiger partial charge in [0.2, 0.25) is 0 Å². The van der Waals surface area contributed by atoms with Crippen molar-refractivity contribution in [3.8, 4) is 0 Å². The summed E-state index contributed by atoms with van der Waals surface area (Å²) < 4.78 is 5.87. The molecular weight excluding hydrogens is 632 g/mol. The Bertz CT molecular complexity index is 888. The van der Waals surface area contributed by atoms with Crippen LogP contribution in [0.1, 0.15) is 50.2 Å². The number of esters is 1. The molecule has 0 heterocycles. The topological polar surface area (TPSA) is 26.3 Å². The molecule has 0 radical (unpaired) electrons. The Morgan fingerprint density at radius 2 is 1.23 bits per heavy atom. The molecule has 0 atom stereocenters. The lowest BCUT2D eigenvalue weighted by Gasteiger charge is -2.08. The normalized spacial score (nSPS) is 9.60. The van der Waals surface area contributed by atoms with Crippen LogP contribution in [0.5, 0.6) is 0 Å². The first-order valence-corrected chi connectivity index (χ1v) is 14.9. The number of carbonyl (C=O) groups is 1. The monoisotopic (exact) mass is 664 g/mol. The van der Waals surface area contributed by atoms with Gasteiger partial charge >= 0.3 is 5.97 Å². The van der Waals surface area contributed by atoms with Crippen molar-refractivity contribution in [1.82, 2.24) is 0 Å². The lowest BCUT2D eigenvalue weighted by Crippen LogP contribution is -2.03. The van der Waals surface area contributed by atoms with Gasteiger partial charge in [-0.25, -0.2) is 0 Å². The van der Waals surface area contributed by atoms with Crippen LogP contribution in [0.15, 0.2) is 102 Å². The number of benzene rings is 3. The molecule has 0 bridgehead atoms. The Morgan fingerprint density at radius 3 is 1.63 bits per heavy atom. The first-order chi connectivity index (χ1) is 17.1. The van der Waals surface area contributed by atoms with Gasteiger partial charge in [0.15, 0.2) is 0 Å². The molecule has 188 valence electrons. The standard InChI is InChI=1S/C17H17Br.C7H13BrO2.C6H5Br/c18-14-8-7-13-17(15-9-3-1-4-10-15)16-11-5-2-6-12-16;1-2-10-7(9)5-3-4-6-8;7-6-4-2-1-3-5-6/h1-6,9-13H,7-8,14H2;2-6H2,1H3;1-5H. The van der Waals surface area contributed by atoms with Gasteiger partial charge in [-0.15, -0.1) is 0 Å². The van der Waals surface area contributed by atoms with Gasteiger partial charge in [0.05, 0.1) is 6.61 Å². The van der Waals surface area contributed by atoms with Crippen LogP contribution in [0.3, 0.4) is 0 Å². The fourth-order valence-corrected chi connectivity index (χ4v) is 4.00. The second-order valence-electron chi connectivity index (χ2n) is 7.43. The minimum Gasteiger partial charge on any atom is -0.466 e. The highest BCUT2D eigenvalue weighted by molar-refractivity contribution is 9.10. The molecule has 0 aliphatic heterocycles. The molecule has 3 rings (SSSR count). The van der Waals surface area contributed by atoms with E-state index in [-0.39, 0.29) is 5.97 Å². The SMILES string of the molecule is BrCCCC=C(c1ccccc1)c1ccccc1.Brc1ccccc1.CCOC(=O)CCCCBr. The van der Waals surface area contributed by atoms with Gasteiger partial charge in [-0.2, -0.15) is 0 Å². The van der Waals surface area contributed by atoms with Gasteiger partial charge < -0.3 is 4.74 Å². The predicted octanol–water partition coefficient (Wildman–Crippen LogP) is 9.86. The van der Waals surface area contributed by atoms with Gasteiger partial charge in [-0.3, -0.25) is 4.79 Å². The molecule has 3 aromatic rings. The molecule has 0 aromatic heterocycles. The van der Waals surface area contributed by atoms with Crippen molar-refractivity contribution in [3.63, 3.8) is 0 Å². The molecule has 0 fully saturated rings. The number of carbonyl (C=O) groups excluding carboxylic acids is 1. The van der Waals surface area contributed by atoms with Gasteiger partial charge in [-0.05, 0) is 61.4 Å². The van der Waals surface area contributed by atoms with E-state index in [9.17, 15) is 4.79 Å². The largest absolute Gasteiger partial charge is 0.466 e. The fraction of sp³-hybridized carbons (Fsp3) is 0.300. The third kappa shape index (κ3) is 15.8. The maximum Gasteiger partial charge on any atom is 0.305 e. The summed E-state index contributed by atoms with van der Waals surface area (Å²) in [5.41, 5.74) is 3.91. The zero-order valence-electron chi connectivity index (χ0n) is 20.3. The Hall–Kier alpha value is -1.69. The van der Waals surface area contributed by atoms with Crippen LogP contribution in [0.25, 0.3) is 5.57 Å². The number of hydrogen-bond donors (Lipinski definition) is 0. The third-order valence-electron chi connectivity index (χ3n) is 4.66. The number of allylic oxidation sites excluding steroid dienone is 1. The molecule has 0 N–H and O–H groups in total. The highest BCUT2D eigenvalue weighted by atomic mass is 79.9. The summed E-state index contributed by atoms with van der Waals surface area (Å²) in [6.07, 6.45) is 7.13. The van der Waals surface area contributed by atoms with E-state index >= 15 is 0 Å². The molecule has 0 aliphatic rings. The van der Waals surface area contributed by atoms with Crippen molar-refractivity contribution in [1.29, 1.82) is 0 Å². The van der Waals surface area contributed by atoms with Gasteiger partial charge in [-0.1, -0.05) is 133 Å². The number of halogens is 3. The number of ether oxygens (including phenoxy) is 1. The van der Waals surface area contributed by atoms with Crippen molar-refractivity contribution >= 4 is 59.3 Å². The zero-order valence-corrected chi connectivity index (χ0v) is 25.1. The van der Waals surface area contributed by atoms with Crippen molar-refractivity contribution in [2.45, 2.75) is 39.0 Å². The molecule has 0 aliphatic carbocycles. The van der Waals surface area contributed by atoms with E-state index in [1.165, 1.54) is 23.1 Å².